The summed E-state index contributed by atoms with van der Waals surface area (Å²) in [5, 5.41) is 19.9. The average Bonchev–Trinajstić information content (AvgIpc) is 3.39. The Morgan fingerprint density at radius 2 is 1.34 bits per heavy atom. The van der Waals surface area contributed by atoms with E-state index >= 15 is 0 Å². The molecule has 38 heavy (non-hydrogen) atoms. The lowest BCUT2D eigenvalue weighted by atomic mass is 9.84. The molecule has 0 aromatic carbocycles. The van der Waals surface area contributed by atoms with Crippen molar-refractivity contribution >= 4 is 34.7 Å². The van der Waals surface area contributed by atoms with Crippen molar-refractivity contribution in [2.45, 2.75) is 123 Å². The van der Waals surface area contributed by atoms with E-state index in [1.54, 1.807) is 12.3 Å². The van der Waals surface area contributed by atoms with Crippen LogP contribution in [0.25, 0.3) is 5.57 Å². The fraction of sp³-hybridized carbons (Fsp3) is 0.645. The van der Waals surface area contributed by atoms with Crippen molar-refractivity contribution in [2.24, 2.45) is 9.98 Å². The highest BCUT2D eigenvalue weighted by Crippen LogP contribution is 2.39. The predicted octanol–water partition coefficient (Wildman–Crippen LogP) is 8.55. The number of carbonyl (C=O) groups excluding carboxylic acids is 1. The molecule has 7 heteroatoms. The van der Waals surface area contributed by atoms with Crippen molar-refractivity contribution in [3.8, 4) is 0 Å². The van der Waals surface area contributed by atoms with Crippen LogP contribution in [0.15, 0.2) is 39.0 Å². The van der Waals surface area contributed by atoms with E-state index in [1.807, 2.05) is 13.0 Å². The zero-order chi connectivity index (χ0) is 27.0. The highest BCUT2D eigenvalue weighted by Gasteiger charge is 2.38. The van der Waals surface area contributed by atoms with Gasteiger partial charge in [0.2, 0.25) is 5.78 Å². The number of ketones is 1. The molecule has 0 bridgehead atoms. The number of hydrogen-bond acceptors (Lipinski definition) is 6. The molecule has 6 nitrogen and oxygen atoms in total. The Bertz CT molecular complexity index is 1030. The number of aromatic nitrogens is 2. The third-order valence-corrected chi connectivity index (χ3v) is 8.32. The van der Waals surface area contributed by atoms with Gasteiger partial charge < -0.3 is 5.11 Å². The van der Waals surface area contributed by atoms with Crippen molar-refractivity contribution in [1.29, 1.82) is 0 Å². The summed E-state index contributed by atoms with van der Waals surface area (Å²) in [6.45, 7) is 5.03. The maximum atomic E-state index is 12.6. The zero-order valence-corrected chi connectivity index (χ0v) is 24.3. The fourth-order valence-electron chi connectivity index (χ4n) is 4.85. The van der Waals surface area contributed by atoms with Gasteiger partial charge in [-0.15, -0.1) is 10.2 Å². The quantitative estimate of drug-likeness (QED) is 0.141. The normalized spacial score (nSPS) is 18.2. The Morgan fingerprint density at radius 1 is 0.763 bits per heavy atom. The van der Waals surface area contributed by atoms with Crippen LogP contribution in [0.3, 0.4) is 0 Å². The maximum Gasteiger partial charge on any atom is 0.204 e. The molecule has 1 N–H and O–H groups in total. The minimum atomic E-state index is -0.207. The number of dihydropyridines is 1. The van der Waals surface area contributed by atoms with Gasteiger partial charge in [0.1, 0.15) is 22.2 Å². The minimum Gasteiger partial charge on any atom is -0.506 e. The Labute approximate surface area is 233 Å². The number of aliphatic hydroxyl groups excluding tert-OH is 1. The van der Waals surface area contributed by atoms with E-state index in [-0.39, 0.29) is 17.1 Å². The number of aliphatic imine (C=N–C) groups is 2. The molecular weight excluding hydrogens is 492 g/mol. The number of amidine groups is 1. The number of Topliss-reactive ketones (excluding diaryl/α,β-unsaturated/α-hetero) is 1. The van der Waals surface area contributed by atoms with Crippen LogP contribution in [0.2, 0.25) is 0 Å². The Balaban J connectivity index is 1.23. The summed E-state index contributed by atoms with van der Waals surface area (Å²) in [5.74, 6) is 0.442. The molecule has 1 aliphatic heterocycles. The number of unbranched alkanes of at least 4 members (excludes halogenated alkanes) is 15. The SMILES string of the molecule is CCCCCCCCCCCCCCCCCC/N=C1C=C/C(=C2/C(=O)C(c3nnc(CC)s3)=C2O)C=N\1. The van der Waals surface area contributed by atoms with Gasteiger partial charge >= 0.3 is 0 Å². The van der Waals surface area contributed by atoms with Crippen LogP contribution in [-0.4, -0.2) is 39.7 Å². The fourth-order valence-corrected chi connectivity index (χ4v) is 5.67. The molecule has 0 unspecified atom stereocenters. The first-order valence-electron chi connectivity index (χ1n) is 15.0. The van der Waals surface area contributed by atoms with E-state index in [0.29, 0.717) is 22.0 Å². The molecular formula is C31H46N4O2S. The molecule has 0 spiro atoms. The van der Waals surface area contributed by atoms with E-state index in [1.165, 1.54) is 108 Å². The lowest BCUT2D eigenvalue weighted by Gasteiger charge is -2.21. The van der Waals surface area contributed by atoms with Crippen LogP contribution >= 0.6 is 11.3 Å². The van der Waals surface area contributed by atoms with Gasteiger partial charge in [-0.05, 0) is 25.0 Å². The number of nitrogens with zero attached hydrogens (tertiary/aromatic N) is 4. The van der Waals surface area contributed by atoms with E-state index in [4.69, 9.17) is 0 Å². The summed E-state index contributed by atoms with van der Waals surface area (Å²) in [6.07, 6.45) is 27.7. The topological polar surface area (TPSA) is 87.8 Å². The summed E-state index contributed by atoms with van der Waals surface area (Å²) in [6, 6.07) is 0. The van der Waals surface area contributed by atoms with Crippen LogP contribution in [0.4, 0.5) is 0 Å². The van der Waals surface area contributed by atoms with Gasteiger partial charge in [-0.25, -0.2) is 4.99 Å². The van der Waals surface area contributed by atoms with Crippen molar-refractivity contribution in [3.05, 3.63) is 39.1 Å². The number of hydrogen-bond donors (Lipinski definition) is 1. The molecule has 0 amide bonds. The van der Waals surface area contributed by atoms with Crippen molar-refractivity contribution < 1.29 is 9.90 Å². The molecule has 0 fully saturated rings. The predicted molar refractivity (Wildman–Crippen MR) is 160 cm³/mol. The van der Waals surface area contributed by atoms with E-state index in [2.05, 4.69) is 27.1 Å². The summed E-state index contributed by atoms with van der Waals surface area (Å²) in [5.41, 5.74) is 1.16. The first kappa shape index (κ1) is 30.1. The second kappa shape index (κ2) is 17.2. The summed E-state index contributed by atoms with van der Waals surface area (Å²) in [7, 11) is 0. The average molecular weight is 539 g/mol. The third-order valence-electron chi connectivity index (χ3n) is 7.23. The minimum absolute atomic E-state index is 0.0199. The van der Waals surface area contributed by atoms with Gasteiger partial charge in [-0.3, -0.25) is 9.79 Å². The Kier molecular flexibility index (Phi) is 13.7. The standard InChI is InChI=1S/C31H46N4O2S/c1-3-5-6-7-8-9-10-11-12-13-14-15-16-17-18-19-22-32-25-21-20-24(23-33-25)27-29(36)28(30(27)37)31-35-34-26(4-2)38-31/h20-21,23,36H,3-19,22H2,1-2H3/b27-24-,32-25+. The number of carbonyl (C=O) groups is 1. The number of allylic oxidation sites excluding steroid dienone is 4. The molecule has 0 saturated heterocycles. The molecule has 1 aromatic rings. The van der Waals surface area contributed by atoms with Crippen molar-refractivity contribution in [2.75, 3.05) is 6.54 Å². The highest BCUT2D eigenvalue weighted by molar-refractivity contribution is 7.12. The monoisotopic (exact) mass is 538 g/mol. The first-order chi connectivity index (χ1) is 18.7. The van der Waals surface area contributed by atoms with Gasteiger partial charge in [0, 0.05) is 18.3 Å². The first-order valence-corrected chi connectivity index (χ1v) is 15.8. The number of aryl methyl sites for hydroxylation is 1. The maximum absolute atomic E-state index is 12.6. The molecule has 2 aliphatic rings. The number of aliphatic hydroxyl groups is 1. The molecule has 208 valence electrons. The molecule has 2 heterocycles. The summed E-state index contributed by atoms with van der Waals surface area (Å²) in [4.78, 5) is 21.6. The summed E-state index contributed by atoms with van der Waals surface area (Å²) < 4.78 is 0. The van der Waals surface area contributed by atoms with E-state index in [9.17, 15) is 9.90 Å². The van der Waals surface area contributed by atoms with Gasteiger partial charge in [-0.1, -0.05) is 121 Å². The van der Waals surface area contributed by atoms with Crippen LogP contribution in [0, 0.1) is 0 Å². The number of rotatable bonds is 19. The molecule has 0 saturated carbocycles. The van der Waals surface area contributed by atoms with Gasteiger partial charge in [0.25, 0.3) is 0 Å². The van der Waals surface area contributed by atoms with Gasteiger partial charge in [0.05, 0.1) is 5.57 Å². The second-order valence-corrected chi connectivity index (χ2v) is 11.4. The van der Waals surface area contributed by atoms with Crippen molar-refractivity contribution in [3.63, 3.8) is 0 Å². The zero-order valence-electron chi connectivity index (χ0n) is 23.5. The highest BCUT2D eigenvalue weighted by atomic mass is 32.1. The smallest absolute Gasteiger partial charge is 0.204 e. The van der Waals surface area contributed by atoms with Crippen molar-refractivity contribution in [1.82, 2.24) is 10.2 Å². The van der Waals surface area contributed by atoms with Crippen LogP contribution in [-0.2, 0) is 11.2 Å². The Hall–Kier alpha value is -2.41. The van der Waals surface area contributed by atoms with Crippen LogP contribution < -0.4 is 0 Å². The lowest BCUT2D eigenvalue weighted by Crippen LogP contribution is -2.23. The largest absolute Gasteiger partial charge is 0.506 e. The molecule has 1 aliphatic carbocycles. The molecule has 3 rings (SSSR count). The second-order valence-electron chi connectivity index (χ2n) is 10.4. The molecule has 0 atom stereocenters. The molecule has 0 radical (unpaired) electrons. The van der Waals surface area contributed by atoms with Gasteiger partial charge in [-0.2, -0.15) is 0 Å². The Morgan fingerprint density at radius 3 is 1.82 bits per heavy atom. The van der Waals surface area contributed by atoms with E-state index < -0.39 is 0 Å². The van der Waals surface area contributed by atoms with E-state index in [0.717, 1.165) is 24.4 Å². The third kappa shape index (κ3) is 9.40. The lowest BCUT2D eigenvalue weighted by molar-refractivity contribution is -0.111. The van der Waals surface area contributed by atoms with Crippen LogP contribution in [0.5, 0.6) is 0 Å². The summed E-state index contributed by atoms with van der Waals surface area (Å²) >= 11 is 1.34. The van der Waals surface area contributed by atoms with Crippen LogP contribution in [0.1, 0.15) is 127 Å². The van der Waals surface area contributed by atoms with Gasteiger partial charge in [0.15, 0.2) is 5.01 Å². The molecule has 1 aromatic heterocycles.